The van der Waals surface area contributed by atoms with Gasteiger partial charge in [0.15, 0.2) is 6.61 Å². The highest BCUT2D eigenvalue weighted by Gasteiger charge is 2.17. The molecule has 1 amide bonds. The minimum Gasteiger partial charge on any atom is -0.493 e. The average Bonchev–Trinajstić information content (AvgIpc) is 2.64. The molecule has 0 aromatic heterocycles. The third-order valence-corrected chi connectivity index (χ3v) is 4.05. The molecule has 1 saturated heterocycles. The summed E-state index contributed by atoms with van der Waals surface area (Å²) in [5, 5.41) is 0. The monoisotopic (exact) mass is 335 g/mol. The predicted octanol–water partition coefficient (Wildman–Crippen LogP) is 3.27. The maximum absolute atomic E-state index is 12.1. The van der Waals surface area contributed by atoms with Crippen LogP contribution in [0, 0.1) is 0 Å². The van der Waals surface area contributed by atoms with Gasteiger partial charge in [-0.05, 0) is 18.6 Å². The van der Waals surface area contributed by atoms with E-state index in [0.717, 1.165) is 18.8 Å². The molecule has 1 heterocycles. The number of carbonyl (C=O) groups is 1. The van der Waals surface area contributed by atoms with Crippen LogP contribution in [0.3, 0.4) is 0 Å². The summed E-state index contributed by atoms with van der Waals surface area (Å²) in [6.45, 7) is 5.49. The first kappa shape index (κ1) is 18.6. The fraction of sp³-hybridized carbons (Fsp3) is 0.632. The molecule has 1 aromatic carbocycles. The van der Waals surface area contributed by atoms with Gasteiger partial charge in [0.1, 0.15) is 11.5 Å². The van der Waals surface area contributed by atoms with Crippen molar-refractivity contribution >= 4 is 5.91 Å². The third kappa shape index (κ3) is 6.79. The van der Waals surface area contributed by atoms with Gasteiger partial charge in [-0.3, -0.25) is 4.79 Å². The van der Waals surface area contributed by atoms with Crippen molar-refractivity contribution in [1.29, 1.82) is 0 Å². The average molecular weight is 335 g/mol. The van der Waals surface area contributed by atoms with Crippen molar-refractivity contribution in [3.05, 3.63) is 24.3 Å². The van der Waals surface area contributed by atoms with Gasteiger partial charge in [0.05, 0.1) is 19.8 Å². The molecule has 0 radical (unpaired) electrons. The van der Waals surface area contributed by atoms with Gasteiger partial charge in [0.25, 0.3) is 5.91 Å². The summed E-state index contributed by atoms with van der Waals surface area (Å²) in [5.41, 5.74) is 0. The van der Waals surface area contributed by atoms with E-state index in [1.165, 1.54) is 25.7 Å². The van der Waals surface area contributed by atoms with Gasteiger partial charge in [-0.25, -0.2) is 0 Å². The summed E-state index contributed by atoms with van der Waals surface area (Å²) in [6, 6.07) is 7.50. The molecule has 0 saturated carbocycles. The van der Waals surface area contributed by atoms with Gasteiger partial charge in [0, 0.05) is 19.2 Å². The Balaban J connectivity index is 1.68. The summed E-state index contributed by atoms with van der Waals surface area (Å²) in [4.78, 5) is 13.8. The maximum Gasteiger partial charge on any atom is 0.260 e. The van der Waals surface area contributed by atoms with Crippen molar-refractivity contribution in [2.24, 2.45) is 0 Å². The number of morpholine rings is 1. The second-order valence-electron chi connectivity index (χ2n) is 6.02. The lowest BCUT2D eigenvalue weighted by molar-refractivity contribution is -0.137. The zero-order valence-corrected chi connectivity index (χ0v) is 14.7. The van der Waals surface area contributed by atoms with Gasteiger partial charge < -0.3 is 19.1 Å². The zero-order valence-electron chi connectivity index (χ0n) is 14.7. The fourth-order valence-electron chi connectivity index (χ4n) is 2.60. The quantitative estimate of drug-likeness (QED) is 0.616. The molecule has 1 aromatic rings. The van der Waals surface area contributed by atoms with Crippen molar-refractivity contribution in [3.63, 3.8) is 0 Å². The van der Waals surface area contributed by atoms with Crippen LogP contribution < -0.4 is 9.47 Å². The molecule has 134 valence electrons. The number of carbonyl (C=O) groups excluding carboxylic acids is 1. The Labute approximate surface area is 144 Å². The molecule has 0 bridgehead atoms. The van der Waals surface area contributed by atoms with E-state index in [0.29, 0.717) is 32.1 Å². The van der Waals surface area contributed by atoms with E-state index in [1.807, 2.05) is 24.3 Å². The van der Waals surface area contributed by atoms with Crippen LogP contribution >= 0.6 is 0 Å². The van der Waals surface area contributed by atoms with E-state index in [2.05, 4.69) is 6.92 Å². The Bertz CT molecular complexity index is 486. The first-order chi connectivity index (χ1) is 11.8. The van der Waals surface area contributed by atoms with Crippen molar-refractivity contribution < 1.29 is 19.0 Å². The molecule has 0 atom stereocenters. The van der Waals surface area contributed by atoms with Gasteiger partial charge in [-0.15, -0.1) is 0 Å². The highest BCUT2D eigenvalue weighted by molar-refractivity contribution is 5.77. The molecule has 0 spiro atoms. The SMILES string of the molecule is CCCCCCCOc1cccc(OCC(=O)N2CCOCC2)c1. The first-order valence-corrected chi connectivity index (χ1v) is 9.01. The standard InChI is InChI=1S/C19H29NO4/c1-2-3-4-5-6-12-23-17-8-7-9-18(15-17)24-16-19(21)20-10-13-22-14-11-20/h7-9,15H,2-6,10-14,16H2,1H3. The van der Waals surface area contributed by atoms with Crippen LogP contribution in [0.15, 0.2) is 24.3 Å². The Morgan fingerprint density at radius 1 is 1.08 bits per heavy atom. The number of hydrogen-bond donors (Lipinski definition) is 0. The summed E-state index contributed by atoms with van der Waals surface area (Å²) in [7, 11) is 0. The summed E-state index contributed by atoms with van der Waals surface area (Å²) in [5.74, 6) is 1.46. The second-order valence-corrected chi connectivity index (χ2v) is 6.02. The van der Waals surface area contributed by atoms with E-state index in [9.17, 15) is 4.79 Å². The lowest BCUT2D eigenvalue weighted by atomic mass is 10.2. The van der Waals surface area contributed by atoms with Crippen LogP contribution in [0.4, 0.5) is 0 Å². The van der Waals surface area contributed by atoms with Crippen LogP contribution in [0.1, 0.15) is 39.0 Å². The zero-order chi connectivity index (χ0) is 17.0. The number of unbranched alkanes of at least 4 members (excludes halogenated alkanes) is 4. The van der Waals surface area contributed by atoms with E-state index in [4.69, 9.17) is 14.2 Å². The van der Waals surface area contributed by atoms with Crippen molar-refractivity contribution in [3.8, 4) is 11.5 Å². The summed E-state index contributed by atoms with van der Waals surface area (Å²) in [6.07, 6.45) is 6.09. The summed E-state index contributed by atoms with van der Waals surface area (Å²) < 4.78 is 16.6. The van der Waals surface area contributed by atoms with Crippen molar-refractivity contribution in [2.45, 2.75) is 39.0 Å². The molecular weight excluding hydrogens is 306 g/mol. The van der Waals surface area contributed by atoms with Crippen LogP contribution in [-0.2, 0) is 9.53 Å². The van der Waals surface area contributed by atoms with Crippen LogP contribution in [0.5, 0.6) is 11.5 Å². The van der Waals surface area contributed by atoms with Crippen molar-refractivity contribution in [1.82, 2.24) is 4.90 Å². The van der Waals surface area contributed by atoms with E-state index in [-0.39, 0.29) is 12.5 Å². The number of rotatable bonds is 10. The number of hydrogen-bond acceptors (Lipinski definition) is 4. The lowest BCUT2D eigenvalue weighted by Crippen LogP contribution is -2.42. The normalized spacial score (nSPS) is 14.5. The fourth-order valence-corrected chi connectivity index (χ4v) is 2.60. The number of nitrogens with zero attached hydrogens (tertiary/aromatic N) is 1. The number of amides is 1. The topological polar surface area (TPSA) is 48.0 Å². The Hall–Kier alpha value is -1.75. The minimum absolute atomic E-state index is 0.000505. The summed E-state index contributed by atoms with van der Waals surface area (Å²) >= 11 is 0. The van der Waals surface area contributed by atoms with Crippen LogP contribution in [0.2, 0.25) is 0 Å². The lowest BCUT2D eigenvalue weighted by Gasteiger charge is -2.26. The highest BCUT2D eigenvalue weighted by Crippen LogP contribution is 2.20. The van der Waals surface area contributed by atoms with Gasteiger partial charge in [-0.2, -0.15) is 0 Å². The molecule has 0 aliphatic carbocycles. The number of benzene rings is 1. The molecule has 1 aliphatic heterocycles. The van der Waals surface area contributed by atoms with Gasteiger partial charge in [-0.1, -0.05) is 38.7 Å². The van der Waals surface area contributed by atoms with Gasteiger partial charge in [0.2, 0.25) is 0 Å². The molecule has 5 nitrogen and oxygen atoms in total. The molecule has 1 aliphatic rings. The smallest absolute Gasteiger partial charge is 0.260 e. The molecular formula is C19H29NO4. The Morgan fingerprint density at radius 3 is 2.54 bits per heavy atom. The minimum atomic E-state index is 0.000505. The Morgan fingerprint density at radius 2 is 1.79 bits per heavy atom. The molecule has 5 heteroatoms. The Kier molecular flexibility index (Phi) is 8.46. The van der Waals surface area contributed by atoms with E-state index < -0.39 is 0 Å². The van der Waals surface area contributed by atoms with E-state index >= 15 is 0 Å². The van der Waals surface area contributed by atoms with Crippen LogP contribution in [0.25, 0.3) is 0 Å². The maximum atomic E-state index is 12.1. The molecule has 0 N–H and O–H groups in total. The molecule has 1 fully saturated rings. The first-order valence-electron chi connectivity index (χ1n) is 9.01. The van der Waals surface area contributed by atoms with E-state index in [1.54, 1.807) is 4.90 Å². The largest absolute Gasteiger partial charge is 0.493 e. The molecule has 2 rings (SSSR count). The number of ether oxygens (including phenoxy) is 3. The highest BCUT2D eigenvalue weighted by atomic mass is 16.5. The van der Waals surface area contributed by atoms with Gasteiger partial charge >= 0.3 is 0 Å². The third-order valence-electron chi connectivity index (χ3n) is 4.05. The van der Waals surface area contributed by atoms with Crippen molar-refractivity contribution in [2.75, 3.05) is 39.5 Å². The molecule has 24 heavy (non-hydrogen) atoms. The molecule has 0 unspecified atom stereocenters. The van der Waals surface area contributed by atoms with Crippen LogP contribution in [-0.4, -0.2) is 50.3 Å². The second kappa shape index (κ2) is 10.9. The predicted molar refractivity (Wildman–Crippen MR) is 93.6 cm³/mol.